The van der Waals surface area contributed by atoms with E-state index >= 15 is 0 Å². The minimum absolute atomic E-state index is 0.00254. The van der Waals surface area contributed by atoms with E-state index in [1.165, 1.54) is 0 Å². The van der Waals surface area contributed by atoms with Crippen molar-refractivity contribution in [2.75, 3.05) is 18.5 Å². The number of carbonyl (C=O) groups is 1. The van der Waals surface area contributed by atoms with Crippen molar-refractivity contribution in [3.05, 3.63) is 47.8 Å². The predicted molar refractivity (Wildman–Crippen MR) is 86.0 cm³/mol. The number of halogens is 3. The summed E-state index contributed by atoms with van der Waals surface area (Å²) in [5.74, 6) is 0.363. The largest absolute Gasteiger partial charge is 0.494 e. The zero-order valence-corrected chi connectivity index (χ0v) is 13.7. The molecule has 0 spiro atoms. The molecule has 0 saturated heterocycles. The van der Waals surface area contributed by atoms with Crippen LogP contribution in [0.1, 0.15) is 29.9 Å². The number of hydrogen-bond acceptors (Lipinski definition) is 4. The van der Waals surface area contributed by atoms with E-state index in [9.17, 15) is 18.0 Å². The van der Waals surface area contributed by atoms with Gasteiger partial charge in [-0.3, -0.25) is 9.78 Å². The van der Waals surface area contributed by atoms with E-state index in [4.69, 9.17) is 9.47 Å². The minimum Gasteiger partial charge on any atom is -0.494 e. The maximum absolute atomic E-state index is 12.5. The van der Waals surface area contributed by atoms with E-state index in [0.29, 0.717) is 30.4 Å². The average Bonchev–Trinajstić information content (AvgIpc) is 2.57. The highest BCUT2D eigenvalue weighted by molar-refractivity contribution is 6.04. The Balaban J connectivity index is 2.22. The van der Waals surface area contributed by atoms with Crippen molar-refractivity contribution in [1.82, 2.24) is 4.98 Å². The molecule has 2 aromatic rings. The fourth-order valence-corrected chi connectivity index (χ4v) is 2.03. The molecule has 1 N–H and O–H groups in total. The quantitative estimate of drug-likeness (QED) is 0.847. The lowest BCUT2D eigenvalue weighted by Gasteiger charge is -2.13. The van der Waals surface area contributed by atoms with Crippen molar-refractivity contribution in [2.24, 2.45) is 0 Å². The lowest BCUT2D eigenvalue weighted by molar-refractivity contribution is -0.141. The Morgan fingerprint density at radius 2 is 1.84 bits per heavy atom. The van der Waals surface area contributed by atoms with E-state index in [2.05, 4.69) is 10.3 Å². The van der Waals surface area contributed by atoms with Crippen LogP contribution in [0.2, 0.25) is 0 Å². The number of benzene rings is 1. The summed E-state index contributed by atoms with van der Waals surface area (Å²) in [6.07, 6.45) is -3.67. The lowest BCUT2D eigenvalue weighted by atomic mass is 10.2. The van der Waals surface area contributed by atoms with Crippen molar-refractivity contribution in [3.8, 4) is 11.5 Å². The van der Waals surface area contributed by atoms with Crippen LogP contribution >= 0.6 is 0 Å². The van der Waals surface area contributed by atoms with Gasteiger partial charge >= 0.3 is 6.18 Å². The van der Waals surface area contributed by atoms with Crippen molar-refractivity contribution in [2.45, 2.75) is 20.0 Å². The monoisotopic (exact) mass is 354 g/mol. The summed E-state index contributed by atoms with van der Waals surface area (Å²) in [6.45, 7) is 4.45. The van der Waals surface area contributed by atoms with Gasteiger partial charge in [-0.1, -0.05) is 0 Å². The highest BCUT2D eigenvalue weighted by Gasteiger charge is 2.32. The van der Waals surface area contributed by atoms with Gasteiger partial charge in [0.25, 0.3) is 5.91 Å². The molecular weight excluding hydrogens is 337 g/mol. The van der Waals surface area contributed by atoms with Gasteiger partial charge in [-0.15, -0.1) is 0 Å². The smallest absolute Gasteiger partial charge is 0.433 e. The molecule has 0 aliphatic heterocycles. The molecule has 0 saturated carbocycles. The molecule has 2 rings (SSSR count). The van der Waals surface area contributed by atoms with Gasteiger partial charge in [-0.05, 0) is 38.1 Å². The molecule has 0 aliphatic rings. The summed E-state index contributed by atoms with van der Waals surface area (Å²) >= 11 is 0. The zero-order chi connectivity index (χ0) is 18.4. The lowest BCUT2D eigenvalue weighted by Crippen LogP contribution is -2.15. The van der Waals surface area contributed by atoms with Crippen molar-refractivity contribution in [1.29, 1.82) is 0 Å². The number of hydrogen-bond donors (Lipinski definition) is 1. The van der Waals surface area contributed by atoms with Crippen molar-refractivity contribution >= 4 is 11.6 Å². The van der Waals surface area contributed by atoms with E-state index in [0.717, 1.165) is 18.3 Å². The van der Waals surface area contributed by atoms with Gasteiger partial charge in [-0.2, -0.15) is 13.2 Å². The highest BCUT2D eigenvalue weighted by atomic mass is 19.4. The summed E-state index contributed by atoms with van der Waals surface area (Å²) in [4.78, 5) is 15.5. The number of anilines is 1. The molecule has 0 unspecified atom stereocenters. The van der Waals surface area contributed by atoms with E-state index in [1.807, 2.05) is 6.92 Å². The van der Waals surface area contributed by atoms with Crippen LogP contribution in [0.5, 0.6) is 11.5 Å². The third-order valence-electron chi connectivity index (χ3n) is 3.13. The van der Waals surface area contributed by atoms with Crippen molar-refractivity contribution in [3.63, 3.8) is 0 Å². The fraction of sp³-hybridized carbons (Fsp3) is 0.294. The van der Waals surface area contributed by atoms with Crippen LogP contribution in [-0.2, 0) is 6.18 Å². The summed E-state index contributed by atoms with van der Waals surface area (Å²) in [7, 11) is 0. The maximum atomic E-state index is 12.5. The number of ether oxygens (including phenoxy) is 2. The Labute approximate surface area is 142 Å². The Morgan fingerprint density at radius 3 is 2.40 bits per heavy atom. The second-order valence-corrected chi connectivity index (χ2v) is 4.91. The molecule has 25 heavy (non-hydrogen) atoms. The summed E-state index contributed by atoms with van der Waals surface area (Å²) in [5, 5.41) is 2.60. The number of amides is 1. The van der Waals surface area contributed by atoms with Crippen molar-refractivity contribution < 1.29 is 27.4 Å². The number of pyridine rings is 1. The molecule has 0 aliphatic carbocycles. The highest BCUT2D eigenvalue weighted by Crippen LogP contribution is 2.30. The van der Waals surface area contributed by atoms with Gasteiger partial charge in [0.1, 0.15) is 17.2 Å². The Bertz CT molecular complexity index is 731. The number of rotatable bonds is 6. The molecule has 1 aromatic heterocycles. The van der Waals surface area contributed by atoms with Gasteiger partial charge in [0.05, 0.1) is 24.5 Å². The Morgan fingerprint density at radius 1 is 1.12 bits per heavy atom. The van der Waals surface area contributed by atoms with E-state index < -0.39 is 17.8 Å². The van der Waals surface area contributed by atoms with Gasteiger partial charge in [0.2, 0.25) is 0 Å². The third kappa shape index (κ3) is 4.85. The Kier molecular flexibility index (Phi) is 5.84. The Hall–Kier alpha value is -2.77. The summed E-state index contributed by atoms with van der Waals surface area (Å²) in [6, 6.07) is 6.76. The zero-order valence-electron chi connectivity index (χ0n) is 13.7. The molecule has 0 radical (unpaired) electrons. The normalized spacial score (nSPS) is 11.1. The minimum atomic E-state index is -4.55. The molecule has 0 bridgehead atoms. The first-order valence-electron chi connectivity index (χ1n) is 7.59. The van der Waals surface area contributed by atoms with Crippen LogP contribution in [0.25, 0.3) is 0 Å². The van der Waals surface area contributed by atoms with Crippen LogP contribution in [0, 0.1) is 0 Å². The molecule has 1 aromatic carbocycles. The molecule has 8 heteroatoms. The van der Waals surface area contributed by atoms with Gasteiger partial charge < -0.3 is 14.8 Å². The average molecular weight is 354 g/mol. The number of nitrogens with zero attached hydrogens (tertiary/aromatic N) is 1. The number of carbonyl (C=O) groups excluding carboxylic acids is 1. The SMILES string of the molecule is CCOc1ccc(OCC)c(NC(=O)c2ccc(C(F)(F)F)nc2)c1. The van der Waals surface area contributed by atoms with Crippen LogP contribution < -0.4 is 14.8 Å². The second-order valence-electron chi connectivity index (χ2n) is 4.91. The molecule has 1 heterocycles. The molecular formula is C17H17F3N2O3. The fourth-order valence-electron chi connectivity index (χ4n) is 2.03. The first-order valence-corrected chi connectivity index (χ1v) is 7.59. The first kappa shape index (κ1) is 18.6. The van der Waals surface area contributed by atoms with Crippen LogP contribution in [0.3, 0.4) is 0 Å². The van der Waals surface area contributed by atoms with Crippen LogP contribution in [0.4, 0.5) is 18.9 Å². The topological polar surface area (TPSA) is 60.5 Å². The van der Waals surface area contributed by atoms with Crippen LogP contribution in [-0.4, -0.2) is 24.1 Å². The number of nitrogens with one attached hydrogen (secondary N) is 1. The molecule has 1 amide bonds. The second kappa shape index (κ2) is 7.87. The number of alkyl halides is 3. The molecule has 5 nitrogen and oxygen atoms in total. The predicted octanol–water partition coefficient (Wildman–Crippen LogP) is 4.15. The van der Waals surface area contributed by atoms with E-state index in [-0.39, 0.29) is 5.56 Å². The standard InChI is InChI=1S/C17H17F3N2O3/c1-3-24-12-6-7-14(25-4-2)13(9-12)22-16(23)11-5-8-15(21-10-11)17(18,19)20/h5-10H,3-4H2,1-2H3,(H,22,23). The summed E-state index contributed by atoms with van der Waals surface area (Å²) < 4.78 is 48.4. The maximum Gasteiger partial charge on any atom is 0.433 e. The van der Waals surface area contributed by atoms with Gasteiger partial charge in [0, 0.05) is 12.3 Å². The number of aromatic nitrogens is 1. The summed E-state index contributed by atoms with van der Waals surface area (Å²) in [5.41, 5.74) is -0.702. The van der Waals surface area contributed by atoms with Crippen LogP contribution in [0.15, 0.2) is 36.5 Å². The third-order valence-corrected chi connectivity index (χ3v) is 3.13. The molecule has 134 valence electrons. The molecule has 0 fully saturated rings. The molecule has 0 atom stereocenters. The van der Waals surface area contributed by atoms with Gasteiger partial charge in [0.15, 0.2) is 0 Å². The van der Waals surface area contributed by atoms with Gasteiger partial charge in [-0.25, -0.2) is 0 Å². The van der Waals surface area contributed by atoms with E-state index in [1.54, 1.807) is 25.1 Å². The first-order chi connectivity index (χ1) is 11.8.